The average molecular weight is 234 g/mol. The molecule has 0 bridgehead atoms. The monoisotopic (exact) mass is 233 g/mol. The minimum Gasteiger partial charge on any atom is -0.398 e. The molecule has 0 N–H and O–H groups in total. The normalized spacial score (nSPS) is 11.6. The second-order valence-electron chi connectivity index (χ2n) is 2.09. The van der Waals surface area contributed by atoms with Gasteiger partial charge in [0.1, 0.15) is 5.15 Å². The van der Waals surface area contributed by atoms with Gasteiger partial charge in [-0.05, 0) is 0 Å². The Morgan fingerprint density at radius 2 is 1.86 bits per heavy atom. The van der Waals surface area contributed by atoms with E-state index in [-0.39, 0.29) is 0 Å². The zero-order chi connectivity index (χ0) is 10.9. The van der Waals surface area contributed by atoms with E-state index in [1.165, 1.54) is 0 Å². The number of hydrogen-bond acceptors (Lipinski definition) is 2. The van der Waals surface area contributed by atoms with Crippen LogP contribution in [0.1, 0.15) is 0 Å². The van der Waals surface area contributed by atoms with Crippen LogP contribution < -0.4 is 4.74 Å². The summed E-state index contributed by atoms with van der Waals surface area (Å²) in [6, 6.07) is 0.408. The van der Waals surface area contributed by atoms with Crippen molar-refractivity contribution in [2.24, 2.45) is 0 Å². The molecule has 1 rings (SSSR count). The van der Waals surface area contributed by atoms with Gasteiger partial charge in [-0.15, -0.1) is 13.2 Å². The van der Waals surface area contributed by atoms with Crippen molar-refractivity contribution in [1.29, 1.82) is 0 Å². The third-order valence-electron chi connectivity index (χ3n) is 1.07. The summed E-state index contributed by atoms with van der Waals surface area (Å²) in [7, 11) is 0. The van der Waals surface area contributed by atoms with Crippen LogP contribution in [0.4, 0.5) is 22.0 Å². The molecule has 0 spiro atoms. The maximum atomic E-state index is 12.7. The van der Waals surface area contributed by atoms with Crippen molar-refractivity contribution in [3.8, 4) is 5.75 Å². The van der Waals surface area contributed by atoms with Gasteiger partial charge in [0.25, 0.3) is 5.95 Å². The Hall–Kier alpha value is -1.11. The van der Waals surface area contributed by atoms with E-state index < -0.39 is 29.0 Å². The largest absolute Gasteiger partial charge is 0.573 e. The quantitative estimate of drug-likeness (QED) is 0.550. The van der Waals surface area contributed by atoms with Crippen LogP contribution in [0.25, 0.3) is 0 Å². The molecule has 8 heteroatoms. The smallest absolute Gasteiger partial charge is 0.398 e. The lowest BCUT2D eigenvalue weighted by molar-refractivity contribution is -0.276. The average Bonchev–Trinajstić information content (AvgIpc) is 1.95. The summed E-state index contributed by atoms with van der Waals surface area (Å²) in [6.07, 6.45) is -5.18. The van der Waals surface area contributed by atoms with Gasteiger partial charge >= 0.3 is 6.36 Å². The Bertz CT molecular complexity index is 330. The van der Waals surface area contributed by atoms with Gasteiger partial charge in [-0.3, -0.25) is 0 Å². The highest BCUT2D eigenvalue weighted by atomic mass is 35.5. The summed E-state index contributed by atoms with van der Waals surface area (Å²) in [5, 5.41) is -0.602. The molecule has 1 heterocycles. The molecule has 0 aliphatic carbocycles. The van der Waals surface area contributed by atoms with Crippen LogP contribution in [0, 0.1) is 11.8 Å². The zero-order valence-electron chi connectivity index (χ0n) is 6.20. The second kappa shape index (κ2) is 3.56. The standard InChI is InChI=1S/C6HClF5NO/c7-3-1-2(8)4(5(9)13-3)14-6(10,11)12/h1H. The fourth-order valence-electron chi connectivity index (χ4n) is 0.652. The predicted octanol–water partition coefficient (Wildman–Crippen LogP) is 2.91. The number of pyridine rings is 1. The molecule has 0 radical (unpaired) electrons. The van der Waals surface area contributed by atoms with E-state index in [4.69, 9.17) is 11.6 Å². The zero-order valence-corrected chi connectivity index (χ0v) is 6.96. The fourth-order valence-corrected chi connectivity index (χ4v) is 0.822. The van der Waals surface area contributed by atoms with Crippen molar-refractivity contribution in [2.45, 2.75) is 6.36 Å². The van der Waals surface area contributed by atoms with Crippen molar-refractivity contribution >= 4 is 11.6 Å². The summed E-state index contributed by atoms with van der Waals surface area (Å²) in [5.41, 5.74) is 0. The molecule has 0 atom stereocenters. The van der Waals surface area contributed by atoms with Gasteiger partial charge in [-0.2, -0.15) is 4.39 Å². The predicted molar refractivity (Wildman–Crippen MR) is 35.8 cm³/mol. The molecule has 0 aliphatic rings. The van der Waals surface area contributed by atoms with Gasteiger partial charge in [0.15, 0.2) is 5.82 Å². The lowest BCUT2D eigenvalue weighted by Gasteiger charge is -2.09. The van der Waals surface area contributed by atoms with Crippen molar-refractivity contribution in [3.63, 3.8) is 0 Å². The van der Waals surface area contributed by atoms with E-state index in [1.807, 2.05) is 0 Å². The van der Waals surface area contributed by atoms with Crippen LogP contribution in [-0.4, -0.2) is 11.3 Å². The lowest BCUT2D eigenvalue weighted by Crippen LogP contribution is -2.19. The maximum absolute atomic E-state index is 12.7. The molecule has 78 valence electrons. The van der Waals surface area contributed by atoms with Crippen molar-refractivity contribution in [3.05, 3.63) is 23.0 Å². The first kappa shape index (κ1) is 11.0. The van der Waals surface area contributed by atoms with Crippen LogP contribution in [0.15, 0.2) is 6.07 Å². The van der Waals surface area contributed by atoms with E-state index in [0.717, 1.165) is 0 Å². The maximum Gasteiger partial charge on any atom is 0.573 e. The first-order valence-electron chi connectivity index (χ1n) is 3.07. The highest BCUT2D eigenvalue weighted by Gasteiger charge is 2.34. The highest BCUT2D eigenvalue weighted by Crippen LogP contribution is 2.28. The summed E-state index contributed by atoms with van der Waals surface area (Å²) < 4.78 is 63.0. The summed E-state index contributed by atoms with van der Waals surface area (Å²) in [6.45, 7) is 0. The number of halogens is 6. The Morgan fingerprint density at radius 1 is 1.29 bits per heavy atom. The van der Waals surface area contributed by atoms with Crippen LogP contribution in [0.3, 0.4) is 0 Å². The molecule has 1 aromatic heterocycles. The second-order valence-corrected chi connectivity index (χ2v) is 2.48. The number of nitrogens with zero attached hydrogens (tertiary/aromatic N) is 1. The van der Waals surface area contributed by atoms with Crippen molar-refractivity contribution < 1.29 is 26.7 Å². The SMILES string of the molecule is Fc1cc(Cl)nc(F)c1OC(F)(F)F. The third kappa shape index (κ3) is 2.69. The van der Waals surface area contributed by atoms with Gasteiger partial charge in [0.2, 0.25) is 5.75 Å². The van der Waals surface area contributed by atoms with Gasteiger partial charge in [0, 0.05) is 6.07 Å². The third-order valence-corrected chi connectivity index (χ3v) is 1.27. The lowest BCUT2D eigenvalue weighted by atomic mass is 10.4. The van der Waals surface area contributed by atoms with Crippen molar-refractivity contribution in [1.82, 2.24) is 4.98 Å². The Balaban J connectivity index is 3.09. The molecule has 0 amide bonds. The highest BCUT2D eigenvalue weighted by molar-refractivity contribution is 6.29. The summed E-state index contributed by atoms with van der Waals surface area (Å²) >= 11 is 5.07. The molecular weight excluding hydrogens is 233 g/mol. The van der Waals surface area contributed by atoms with E-state index >= 15 is 0 Å². The number of alkyl halides is 3. The van der Waals surface area contributed by atoms with Gasteiger partial charge in [-0.1, -0.05) is 11.6 Å². The van der Waals surface area contributed by atoms with Gasteiger partial charge in [-0.25, -0.2) is 9.37 Å². The minimum absolute atomic E-state index is 0.408. The minimum atomic E-state index is -5.18. The van der Waals surface area contributed by atoms with Crippen LogP contribution in [0.5, 0.6) is 5.75 Å². The molecule has 0 fully saturated rings. The molecule has 0 unspecified atom stereocenters. The number of ether oxygens (including phenoxy) is 1. The molecular formula is C6HClF5NO. The Labute approximate surface area is 79.3 Å². The van der Waals surface area contributed by atoms with Gasteiger partial charge < -0.3 is 4.74 Å². The molecule has 2 nitrogen and oxygen atoms in total. The van der Waals surface area contributed by atoms with Crippen LogP contribution >= 0.6 is 11.6 Å². The molecule has 0 saturated heterocycles. The fraction of sp³-hybridized carbons (Fsp3) is 0.167. The van der Waals surface area contributed by atoms with E-state index in [2.05, 4.69) is 9.72 Å². The summed E-state index contributed by atoms with van der Waals surface area (Å²) in [5.74, 6) is -4.95. The molecule has 0 saturated carbocycles. The number of aromatic nitrogens is 1. The first-order valence-corrected chi connectivity index (χ1v) is 3.44. The van der Waals surface area contributed by atoms with E-state index in [1.54, 1.807) is 0 Å². The van der Waals surface area contributed by atoms with E-state index in [9.17, 15) is 22.0 Å². The first-order chi connectivity index (χ1) is 6.29. The number of rotatable bonds is 1. The molecule has 14 heavy (non-hydrogen) atoms. The van der Waals surface area contributed by atoms with Crippen molar-refractivity contribution in [2.75, 3.05) is 0 Å². The van der Waals surface area contributed by atoms with Gasteiger partial charge in [0.05, 0.1) is 0 Å². The molecule has 1 aromatic rings. The summed E-state index contributed by atoms with van der Waals surface area (Å²) in [4.78, 5) is 2.75. The Morgan fingerprint density at radius 3 is 2.29 bits per heavy atom. The van der Waals surface area contributed by atoms with Crippen LogP contribution in [-0.2, 0) is 0 Å². The Kier molecular flexibility index (Phi) is 2.79. The topological polar surface area (TPSA) is 22.1 Å². The van der Waals surface area contributed by atoms with Crippen LogP contribution in [0.2, 0.25) is 5.15 Å². The number of hydrogen-bond donors (Lipinski definition) is 0. The molecule has 0 aliphatic heterocycles. The molecule has 0 aromatic carbocycles. The van der Waals surface area contributed by atoms with E-state index in [0.29, 0.717) is 6.07 Å².